The molecule has 1 saturated carbocycles. The van der Waals surface area contributed by atoms with Crippen molar-refractivity contribution in [2.24, 2.45) is 0 Å². The summed E-state index contributed by atoms with van der Waals surface area (Å²) < 4.78 is 5.53. The van der Waals surface area contributed by atoms with Gasteiger partial charge in [-0.1, -0.05) is 23.2 Å². The SMILES string of the molecule is Clc1ccc(Cl)c(-c2ccoc2CNC2CC2)c1. The van der Waals surface area contributed by atoms with E-state index in [1.165, 1.54) is 12.8 Å². The minimum absolute atomic E-state index is 0.651. The van der Waals surface area contributed by atoms with Crippen molar-refractivity contribution in [3.63, 3.8) is 0 Å². The van der Waals surface area contributed by atoms with Gasteiger partial charge in [-0.15, -0.1) is 0 Å². The molecule has 1 N–H and O–H groups in total. The first-order valence-corrected chi connectivity index (χ1v) is 6.75. The van der Waals surface area contributed by atoms with Crippen LogP contribution < -0.4 is 5.32 Å². The van der Waals surface area contributed by atoms with Crippen LogP contribution in [0.25, 0.3) is 11.1 Å². The van der Waals surface area contributed by atoms with Gasteiger partial charge in [0.1, 0.15) is 5.76 Å². The van der Waals surface area contributed by atoms with Crippen molar-refractivity contribution in [2.75, 3.05) is 0 Å². The van der Waals surface area contributed by atoms with Crippen molar-refractivity contribution in [3.8, 4) is 11.1 Å². The minimum atomic E-state index is 0.651. The van der Waals surface area contributed by atoms with Gasteiger partial charge in [0, 0.05) is 27.2 Å². The molecule has 1 heterocycles. The first kappa shape index (κ1) is 12.1. The van der Waals surface area contributed by atoms with Crippen LogP contribution in [0.1, 0.15) is 18.6 Å². The molecule has 4 heteroatoms. The van der Waals surface area contributed by atoms with Gasteiger partial charge in [0.2, 0.25) is 0 Å². The van der Waals surface area contributed by atoms with Gasteiger partial charge < -0.3 is 9.73 Å². The molecule has 1 aliphatic carbocycles. The highest BCUT2D eigenvalue weighted by molar-refractivity contribution is 6.35. The summed E-state index contributed by atoms with van der Waals surface area (Å²) in [4.78, 5) is 0. The smallest absolute Gasteiger partial charge is 0.125 e. The standard InChI is InChI=1S/C14H13Cl2NO/c15-9-1-4-13(16)12(7-9)11-5-6-18-14(11)8-17-10-2-3-10/h1,4-7,10,17H,2-3,8H2. The summed E-state index contributed by atoms with van der Waals surface area (Å²) in [6.07, 6.45) is 4.21. The summed E-state index contributed by atoms with van der Waals surface area (Å²) in [5.41, 5.74) is 1.93. The Kier molecular flexibility index (Phi) is 3.33. The molecule has 18 heavy (non-hydrogen) atoms. The maximum absolute atomic E-state index is 6.21. The number of halogens is 2. The Labute approximate surface area is 116 Å². The molecule has 94 valence electrons. The Hall–Kier alpha value is -0.960. The summed E-state index contributed by atoms with van der Waals surface area (Å²) in [7, 11) is 0. The van der Waals surface area contributed by atoms with E-state index >= 15 is 0 Å². The highest BCUT2D eigenvalue weighted by Crippen LogP contribution is 2.33. The lowest BCUT2D eigenvalue weighted by molar-refractivity contribution is 0.483. The molecular formula is C14H13Cl2NO. The van der Waals surface area contributed by atoms with E-state index in [-0.39, 0.29) is 0 Å². The Morgan fingerprint density at radius 3 is 2.78 bits per heavy atom. The Bertz CT molecular complexity index is 561. The van der Waals surface area contributed by atoms with Gasteiger partial charge in [-0.25, -0.2) is 0 Å². The van der Waals surface area contributed by atoms with E-state index in [1.54, 1.807) is 12.3 Å². The van der Waals surface area contributed by atoms with Crippen molar-refractivity contribution in [1.82, 2.24) is 5.32 Å². The van der Waals surface area contributed by atoms with Crippen LogP contribution in [0.15, 0.2) is 34.9 Å². The predicted octanol–water partition coefficient (Wildman–Crippen LogP) is 4.51. The second kappa shape index (κ2) is 4.96. The normalized spacial score (nSPS) is 15.0. The molecule has 0 unspecified atom stereocenters. The van der Waals surface area contributed by atoms with Crippen LogP contribution >= 0.6 is 23.2 Å². The zero-order valence-corrected chi connectivity index (χ0v) is 11.3. The highest BCUT2D eigenvalue weighted by atomic mass is 35.5. The van der Waals surface area contributed by atoms with Gasteiger partial charge in [-0.2, -0.15) is 0 Å². The first-order valence-electron chi connectivity index (χ1n) is 5.99. The summed E-state index contributed by atoms with van der Waals surface area (Å²) in [5, 5.41) is 4.80. The third-order valence-electron chi connectivity index (χ3n) is 3.09. The second-order valence-corrected chi connectivity index (χ2v) is 5.38. The zero-order chi connectivity index (χ0) is 12.5. The summed E-state index contributed by atoms with van der Waals surface area (Å²) in [5.74, 6) is 0.908. The van der Waals surface area contributed by atoms with Crippen LogP contribution in [0.3, 0.4) is 0 Å². The molecule has 3 rings (SSSR count). The average Bonchev–Trinajstić information content (AvgIpc) is 3.08. The van der Waals surface area contributed by atoms with Gasteiger partial charge in [0.05, 0.1) is 12.8 Å². The van der Waals surface area contributed by atoms with E-state index in [0.717, 1.165) is 23.4 Å². The van der Waals surface area contributed by atoms with E-state index in [2.05, 4.69) is 5.32 Å². The molecular weight excluding hydrogens is 269 g/mol. The van der Waals surface area contributed by atoms with E-state index in [1.807, 2.05) is 18.2 Å². The molecule has 0 radical (unpaired) electrons. The van der Waals surface area contributed by atoms with Gasteiger partial charge in [0.15, 0.2) is 0 Å². The summed E-state index contributed by atoms with van der Waals surface area (Å²) in [6, 6.07) is 8.05. The molecule has 1 aliphatic rings. The van der Waals surface area contributed by atoms with Crippen LogP contribution in [-0.2, 0) is 6.54 Å². The average molecular weight is 282 g/mol. The van der Waals surface area contributed by atoms with Crippen LogP contribution in [-0.4, -0.2) is 6.04 Å². The number of nitrogens with one attached hydrogen (secondary N) is 1. The molecule has 1 fully saturated rings. The largest absolute Gasteiger partial charge is 0.467 e. The number of hydrogen-bond donors (Lipinski definition) is 1. The van der Waals surface area contributed by atoms with Crippen molar-refractivity contribution < 1.29 is 4.42 Å². The van der Waals surface area contributed by atoms with Crippen LogP contribution in [0.4, 0.5) is 0 Å². The molecule has 0 amide bonds. The minimum Gasteiger partial charge on any atom is -0.467 e. The van der Waals surface area contributed by atoms with E-state index in [0.29, 0.717) is 16.1 Å². The lowest BCUT2D eigenvalue weighted by Crippen LogP contribution is -2.15. The Morgan fingerprint density at radius 1 is 1.17 bits per heavy atom. The Morgan fingerprint density at radius 2 is 2.00 bits per heavy atom. The lowest BCUT2D eigenvalue weighted by Gasteiger charge is -2.06. The Balaban J connectivity index is 1.90. The lowest BCUT2D eigenvalue weighted by atomic mass is 10.1. The zero-order valence-electron chi connectivity index (χ0n) is 9.75. The van der Waals surface area contributed by atoms with E-state index in [9.17, 15) is 0 Å². The summed E-state index contributed by atoms with van der Waals surface area (Å²) >= 11 is 12.2. The molecule has 0 spiro atoms. The molecule has 0 atom stereocenters. The molecule has 1 aromatic carbocycles. The van der Waals surface area contributed by atoms with Crippen LogP contribution in [0.2, 0.25) is 10.0 Å². The van der Waals surface area contributed by atoms with Crippen LogP contribution in [0.5, 0.6) is 0 Å². The predicted molar refractivity (Wildman–Crippen MR) is 74.0 cm³/mol. The van der Waals surface area contributed by atoms with Crippen LogP contribution in [0, 0.1) is 0 Å². The van der Waals surface area contributed by atoms with Crippen molar-refractivity contribution in [3.05, 3.63) is 46.3 Å². The first-order chi connectivity index (χ1) is 8.74. The quantitative estimate of drug-likeness (QED) is 0.892. The van der Waals surface area contributed by atoms with Gasteiger partial charge >= 0.3 is 0 Å². The molecule has 2 nitrogen and oxygen atoms in total. The molecule has 0 saturated heterocycles. The van der Waals surface area contributed by atoms with Crippen molar-refractivity contribution >= 4 is 23.2 Å². The molecule has 0 bridgehead atoms. The summed E-state index contributed by atoms with van der Waals surface area (Å²) in [6.45, 7) is 0.732. The number of rotatable bonds is 4. The third-order valence-corrected chi connectivity index (χ3v) is 3.66. The van der Waals surface area contributed by atoms with Crippen molar-refractivity contribution in [1.29, 1.82) is 0 Å². The number of benzene rings is 1. The van der Waals surface area contributed by atoms with Gasteiger partial charge in [-0.3, -0.25) is 0 Å². The maximum atomic E-state index is 6.21. The van der Waals surface area contributed by atoms with Gasteiger partial charge in [-0.05, 0) is 37.1 Å². The number of furan rings is 1. The maximum Gasteiger partial charge on any atom is 0.125 e. The van der Waals surface area contributed by atoms with E-state index < -0.39 is 0 Å². The fourth-order valence-corrected chi connectivity index (χ4v) is 2.34. The van der Waals surface area contributed by atoms with Crippen molar-refractivity contribution in [2.45, 2.75) is 25.4 Å². The van der Waals surface area contributed by atoms with E-state index in [4.69, 9.17) is 27.6 Å². The fourth-order valence-electron chi connectivity index (χ4n) is 1.95. The molecule has 2 aromatic rings. The topological polar surface area (TPSA) is 25.2 Å². The monoisotopic (exact) mass is 281 g/mol. The molecule has 1 aromatic heterocycles. The number of hydrogen-bond acceptors (Lipinski definition) is 2. The third kappa shape index (κ3) is 2.56. The van der Waals surface area contributed by atoms with Gasteiger partial charge in [0.25, 0.3) is 0 Å². The fraction of sp³-hybridized carbons (Fsp3) is 0.286. The molecule has 0 aliphatic heterocycles. The second-order valence-electron chi connectivity index (χ2n) is 4.54. The highest BCUT2D eigenvalue weighted by Gasteiger charge is 2.21.